The SMILES string of the molecule is CCCC1(C)NCC(C)CO1. The summed E-state index contributed by atoms with van der Waals surface area (Å²) in [6.45, 7) is 8.54. The molecule has 0 bridgehead atoms. The van der Waals surface area contributed by atoms with Crippen LogP contribution in [0.2, 0.25) is 0 Å². The van der Waals surface area contributed by atoms with Crippen LogP contribution in [0.5, 0.6) is 0 Å². The van der Waals surface area contributed by atoms with Crippen molar-refractivity contribution in [1.82, 2.24) is 5.32 Å². The van der Waals surface area contributed by atoms with Gasteiger partial charge in [-0.15, -0.1) is 0 Å². The molecule has 1 rings (SSSR count). The van der Waals surface area contributed by atoms with Gasteiger partial charge < -0.3 is 4.74 Å². The van der Waals surface area contributed by atoms with Gasteiger partial charge in [-0.05, 0) is 19.3 Å². The minimum absolute atomic E-state index is 0.0404. The molecule has 0 spiro atoms. The second-order valence-corrected chi connectivity index (χ2v) is 3.78. The molecular weight excluding hydrogens is 138 g/mol. The molecule has 2 nitrogen and oxygen atoms in total. The second-order valence-electron chi connectivity index (χ2n) is 3.78. The third-order valence-corrected chi connectivity index (χ3v) is 2.24. The summed E-state index contributed by atoms with van der Waals surface area (Å²) in [5.41, 5.74) is -0.0404. The molecule has 2 atom stereocenters. The predicted octanol–water partition coefficient (Wildman–Crippen LogP) is 1.76. The molecule has 0 aliphatic carbocycles. The lowest BCUT2D eigenvalue weighted by atomic mass is 10.1. The lowest BCUT2D eigenvalue weighted by molar-refractivity contribution is -0.105. The van der Waals surface area contributed by atoms with Gasteiger partial charge >= 0.3 is 0 Å². The largest absolute Gasteiger partial charge is 0.361 e. The highest BCUT2D eigenvalue weighted by Gasteiger charge is 2.28. The lowest BCUT2D eigenvalue weighted by Gasteiger charge is -2.37. The van der Waals surface area contributed by atoms with Crippen LogP contribution < -0.4 is 5.32 Å². The van der Waals surface area contributed by atoms with Crippen LogP contribution in [-0.4, -0.2) is 18.9 Å². The van der Waals surface area contributed by atoms with E-state index in [2.05, 4.69) is 26.1 Å². The first-order valence-electron chi connectivity index (χ1n) is 4.55. The summed E-state index contributed by atoms with van der Waals surface area (Å²) in [4.78, 5) is 0. The van der Waals surface area contributed by atoms with Gasteiger partial charge in [-0.1, -0.05) is 20.3 Å². The van der Waals surface area contributed by atoms with Gasteiger partial charge in [0, 0.05) is 6.54 Å². The van der Waals surface area contributed by atoms with Crippen LogP contribution in [0.15, 0.2) is 0 Å². The zero-order valence-corrected chi connectivity index (χ0v) is 7.81. The average Bonchev–Trinajstić information content (AvgIpc) is 1.97. The van der Waals surface area contributed by atoms with Gasteiger partial charge in [0.05, 0.1) is 6.61 Å². The third kappa shape index (κ3) is 2.46. The number of ether oxygens (including phenoxy) is 1. The normalized spacial score (nSPS) is 39.0. The number of rotatable bonds is 2. The van der Waals surface area contributed by atoms with E-state index in [9.17, 15) is 0 Å². The summed E-state index contributed by atoms with van der Waals surface area (Å²) in [6, 6.07) is 0. The maximum Gasteiger partial charge on any atom is 0.116 e. The molecule has 11 heavy (non-hydrogen) atoms. The van der Waals surface area contributed by atoms with Crippen molar-refractivity contribution in [3.63, 3.8) is 0 Å². The van der Waals surface area contributed by atoms with Crippen LogP contribution in [0.4, 0.5) is 0 Å². The zero-order valence-electron chi connectivity index (χ0n) is 7.81. The second kappa shape index (κ2) is 3.55. The predicted molar refractivity (Wildman–Crippen MR) is 46.4 cm³/mol. The highest BCUT2D eigenvalue weighted by atomic mass is 16.5. The minimum Gasteiger partial charge on any atom is -0.361 e. The van der Waals surface area contributed by atoms with Crippen LogP contribution in [0.1, 0.15) is 33.6 Å². The molecule has 1 fully saturated rings. The molecule has 1 saturated heterocycles. The van der Waals surface area contributed by atoms with Gasteiger partial charge in [0.1, 0.15) is 5.72 Å². The van der Waals surface area contributed by atoms with E-state index in [0.717, 1.165) is 19.6 Å². The summed E-state index contributed by atoms with van der Waals surface area (Å²) in [5.74, 6) is 0.667. The average molecular weight is 157 g/mol. The molecule has 0 radical (unpaired) electrons. The fourth-order valence-electron chi connectivity index (χ4n) is 1.46. The van der Waals surface area contributed by atoms with Gasteiger partial charge in [-0.25, -0.2) is 0 Å². The number of hydrogen-bond donors (Lipinski definition) is 1. The van der Waals surface area contributed by atoms with E-state index in [1.165, 1.54) is 6.42 Å². The summed E-state index contributed by atoms with van der Waals surface area (Å²) >= 11 is 0. The van der Waals surface area contributed by atoms with Crippen LogP contribution in [-0.2, 0) is 4.74 Å². The molecule has 2 unspecified atom stereocenters. The Bertz CT molecular complexity index is 117. The molecule has 2 heteroatoms. The minimum atomic E-state index is -0.0404. The van der Waals surface area contributed by atoms with Gasteiger partial charge in [-0.2, -0.15) is 0 Å². The fourth-order valence-corrected chi connectivity index (χ4v) is 1.46. The monoisotopic (exact) mass is 157 g/mol. The molecule has 1 N–H and O–H groups in total. The first kappa shape index (κ1) is 9.01. The highest BCUT2D eigenvalue weighted by molar-refractivity contribution is 4.77. The van der Waals surface area contributed by atoms with Crippen LogP contribution in [0.25, 0.3) is 0 Å². The van der Waals surface area contributed by atoms with Crippen LogP contribution >= 0.6 is 0 Å². The maximum atomic E-state index is 5.71. The molecule has 0 amide bonds. The van der Waals surface area contributed by atoms with E-state index in [1.807, 2.05) is 0 Å². The van der Waals surface area contributed by atoms with Crippen molar-refractivity contribution in [2.75, 3.05) is 13.2 Å². The smallest absolute Gasteiger partial charge is 0.116 e. The van der Waals surface area contributed by atoms with Gasteiger partial charge in [0.15, 0.2) is 0 Å². The highest BCUT2D eigenvalue weighted by Crippen LogP contribution is 2.19. The molecule has 66 valence electrons. The van der Waals surface area contributed by atoms with Gasteiger partial charge in [0.2, 0.25) is 0 Å². The molecule has 0 aromatic carbocycles. The molecule has 0 aromatic rings. The Balaban J connectivity index is 2.35. The third-order valence-electron chi connectivity index (χ3n) is 2.24. The van der Waals surface area contributed by atoms with E-state index in [1.54, 1.807) is 0 Å². The quantitative estimate of drug-likeness (QED) is 0.659. The first-order valence-corrected chi connectivity index (χ1v) is 4.55. The zero-order chi connectivity index (χ0) is 8.32. The summed E-state index contributed by atoms with van der Waals surface area (Å²) in [7, 11) is 0. The van der Waals surface area contributed by atoms with Crippen molar-refractivity contribution in [1.29, 1.82) is 0 Å². The topological polar surface area (TPSA) is 21.3 Å². The Morgan fingerprint density at radius 3 is 2.82 bits per heavy atom. The Morgan fingerprint density at radius 1 is 1.64 bits per heavy atom. The summed E-state index contributed by atoms with van der Waals surface area (Å²) in [5, 5.41) is 3.42. The summed E-state index contributed by atoms with van der Waals surface area (Å²) in [6.07, 6.45) is 2.29. The van der Waals surface area contributed by atoms with Crippen molar-refractivity contribution in [2.45, 2.75) is 39.3 Å². The van der Waals surface area contributed by atoms with E-state index in [-0.39, 0.29) is 5.72 Å². The molecule has 1 aliphatic heterocycles. The Morgan fingerprint density at radius 2 is 2.36 bits per heavy atom. The number of nitrogens with one attached hydrogen (secondary N) is 1. The molecule has 1 aliphatic rings. The molecule has 1 heterocycles. The van der Waals surface area contributed by atoms with Crippen molar-refractivity contribution in [3.8, 4) is 0 Å². The number of hydrogen-bond acceptors (Lipinski definition) is 2. The molecular formula is C9H19NO. The van der Waals surface area contributed by atoms with Gasteiger partial charge in [0.25, 0.3) is 0 Å². The van der Waals surface area contributed by atoms with E-state index >= 15 is 0 Å². The molecule has 0 aromatic heterocycles. The lowest BCUT2D eigenvalue weighted by Crippen LogP contribution is -2.52. The van der Waals surface area contributed by atoms with Crippen molar-refractivity contribution in [3.05, 3.63) is 0 Å². The Kier molecular flexibility index (Phi) is 2.90. The maximum absolute atomic E-state index is 5.71. The summed E-state index contributed by atoms with van der Waals surface area (Å²) < 4.78 is 5.71. The van der Waals surface area contributed by atoms with Crippen molar-refractivity contribution in [2.24, 2.45) is 5.92 Å². The Labute approximate surface area is 69.3 Å². The van der Waals surface area contributed by atoms with Gasteiger partial charge in [-0.3, -0.25) is 5.32 Å². The van der Waals surface area contributed by atoms with E-state index < -0.39 is 0 Å². The fraction of sp³-hybridized carbons (Fsp3) is 1.00. The van der Waals surface area contributed by atoms with E-state index in [0.29, 0.717) is 5.92 Å². The van der Waals surface area contributed by atoms with E-state index in [4.69, 9.17) is 4.74 Å². The van der Waals surface area contributed by atoms with Crippen LogP contribution in [0, 0.1) is 5.92 Å². The van der Waals surface area contributed by atoms with Crippen molar-refractivity contribution >= 4 is 0 Å². The van der Waals surface area contributed by atoms with Crippen LogP contribution in [0.3, 0.4) is 0 Å². The van der Waals surface area contributed by atoms with Crippen molar-refractivity contribution < 1.29 is 4.74 Å². The first-order chi connectivity index (χ1) is 5.16. The standard InChI is InChI=1S/C9H19NO/c1-4-5-9(3)10-6-8(2)7-11-9/h8,10H,4-7H2,1-3H3. The Hall–Kier alpha value is -0.0800. The molecule has 0 saturated carbocycles.